The van der Waals surface area contributed by atoms with Crippen LogP contribution in [0.2, 0.25) is 0 Å². The van der Waals surface area contributed by atoms with Crippen molar-refractivity contribution < 1.29 is 34.0 Å². The molecule has 1 aromatic rings. The fraction of sp³-hybridized carbons (Fsp3) is 0.548. The molecule has 6 atom stereocenters. The fourth-order valence-electron chi connectivity index (χ4n) is 5.43. The molecule has 0 saturated heterocycles. The number of amides is 2. The van der Waals surface area contributed by atoms with Crippen LogP contribution in [0.25, 0.3) is 0 Å². The van der Waals surface area contributed by atoms with Crippen LogP contribution >= 0.6 is 0 Å². The molecule has 8 nitrogen and oxygen atoms in total. The molecule has 0 unspecified atom stereocenters. The first kappa shape index (κ1) is 32.9. The molecule has 0 spiro atoms. The van der Waals surface area contributed by atoms with Gasteiger partial charge in [-0.3, -0.25) is 9.18 Å². The number of phenolic OH excluding ortho intramolecular Hbond substituents is 2. The monoisotopic (exact) mass is 560 g/mol. The number of hydrogen-bond acceptors (Lipinski definition) is 6. The van der Waals surface area contributed by atoms with Gasteiger partial charge in [0.1, 0.15) is 17.6 Å². The minimum Gasteiger partial charge on any atom is -0.508 e. The van der Waals surface area contributed by atoms with Crippen LogP contribution in [-0.4, -0.2) is 46.2 Å². The first-order valence-corrected chi connectivity index (χ1v) is 13.9. The quantitative estimate of drug-likeness (QED) is 0.182. The highest BCUT2D eigenvalue weighted by Gasteiger charge is 2.27. The molecule has 2 rings (SSSR count). The summed E-state index contributed by atoms with van der Waals surface area (Å²) in [6, 6.07) is 1.29. The third-order valence-electron chi connectivity index (χ3n) is 7.57. The van der Waals surface area contributed by atoms with E-state index in [2.05, 4.69) is 5.32 Å². The van der Waals surface area contributed by atoms with Gasteiger partial charge in [0.15, 0.2) is 0 Å². The number of anilines is 1. The van der Waals surface area contributed by atoms with E-state index in [1.807, 2.05) is 40.7 Å². The summed E-state index contributed by atoms with van der Waals surface area (Å²) in [5.74, 6) is -1.47. The van der Waals surface area contributed by atoms with Crippen molar-refractivity contribution in [3.63, 3.8) is 0 Å². The van der Waals surface area contributed by atoms with E-state index < -0.39 is 30.9 Å². The van der Waals surface area contributed by atoms with E-state index >= 15 is 0 Å². The number of halogens is 1. The topological polar surface area (TPSA) is 142 Å². The SMILES string of the molecule is C/C1=C\C=C/[C@H](C)[C@@H](OC(N)=O)/C(C)=C/[C@H](C)[C@@H](O)[C@@H](C)C[C@H](C)Cc2c(O)c(cc(O)c2CCCF)NC1=O. The van der Waals surface area contributed by atoms with E-state index in [4.69, 9.17) is 10.5 Å². The molecule has 40 heavy (non-hydrogen) atoms. The Labute approximate surface area is 236 Å². The molecule has 1 heterocycles. The lowest BCUT2D eigenvalue weighted by atomic mass is 9.82. The number of ether oxygens (including phenoxy) is 1. The van der Waals surface area contributed by atoms with E-state index in [9.17, 15) is 29.3 Å². The number of fused-ring (bicyclic) bond motifs is 2. The molecule has 0 radical (unpaired) electrons. The standard InChI is InChI=1S/C31H45FN2O6/c1-17-13-20(4)27(36)21(5)15-22(6)29(40-31(33)39)18(2)9-7-10-19(3)30(38)34-25-16-26(35)23(11-8-12-32)24(14-17)28(25)37/h7,9-10,15-18,20-21,27,29,35-37H,8,11-14H2,1-6H3,(H2,33,39)(H,34,38)/b9-7-,19-10+,22-15+/t17-,18-,20-,21-,27-,29+/m0/s1. The Hall–Kier alpha value is -3.33. The molecular weight excluding hydrogens is 515 g/mol. The molecule has 222 valence electrons. The minimum atomic E-state index is -0.909. The lowest BCUT2D eigenvalue weighted by Crippen LogP contribution is -2.30. The third kappa shape index (κ3) is 8.84. The number of nitrogens with two attached hydrogens (primary N) is 1. The number of alkyl halides is 1. The highest BCUT2D eigenvalue weighted by molar-refractivity contribution is 6.04. The second-order valence-corrected chi connectivity index (χ2v) is 11.2. The van der Waals surface area contributed by atoms with Gasteiger partial charge in [-0.1, -0.05) is 52.0 Å². The first-order valence-electron chi connectivity index (χ1n) is 13.9. The van der Waals surface area contributed by atoms with E-state index in [-0.39, 0.29) is 53.7 Å². The summed E-state index contributed by atoms with van der Waals surface area (Å²) in [6.07, 6.45) is 6.02. The maximum absolute atomic E-state index is 13.0. The van der Waals surface area contributed by atoms with Gasteiger partial charge in [0.25, 0.3) is 5.91 Å². The number of rotatable bonds is 4. The second kappa shape index (κ2) is 14.9. The van der Waals surface area contributed by atoms with E-state index in [0.29, 0.717) is 29.5 Å². The Morgan fingerprint density at radius 3 is 2.48 bits per heavy atom. The van der Waals surface area contributed by atoms with E-state index in [0.717, 1.165) is 5.57 Å². The summed E-state index contributed by atoms with van der Waals surface area (Å²) >= 11 is 0. The highest BCUT2D eigenvalue weighted by Crippen LogP contribution is 2.40. The molecule has 0 aliphatic carbocycles. The normalized spacial score (nSPS) is 30.4. The van der Waals surface area contributed by atoms with Crippen LogP contribution in [0, 0.1) is 23.7 Å². The molecule has 0 aromatic heterocycles. The average Bonchev–Trinajstić information content (AvgIpc) is 2.88. The lowest BCUT2D eigenvalue weighted by molar-refractivity contribution is -0.112. The second-order valence-electron chi connectivity index (χ2n) is 11.2. The molecule has 9 heteroatoms. The molecule has 2 bridgehead atoms. The van der Waals surface area contributed by atoms with E-state index in [1.54, 1.807) is 25.2 Å². The zero-order valence-corrected chi connectivity index (χ0v) is 24.4. The van der Waals surface area contributed by atoms with Crippen molar-refractivity contribution in [1.29, 1.82) is 0 Å². The van der Waals surface area contributed by atoms with Gasteiger partial charge in [-0.15, -0.1) is 0 Å². The minimum absolute atomic E-state index is 0.0267. The lowest BCUT2D eigenvalue weighted by Gasteiger charge is -2.28. The summed E-state index contributed by atoms with van der Waals surface area (Å²) < 4.78 is 18.4. The van der Waals surface area contributed by atoms with Crippen molar-refractivity contribution in [3.05, 3.63) is 52.6 Å². The molecule has 0 saturated carbocycles. The zero-order chi connectivity index (χ0) is 30.1. The number of carbonyl (C=O) groups is 2. The number of hydrogen-bond donors (Lipinski definition) is 5. The Morgan fingerprint density at radius 2 is 1.85 bits per heavy atom. The van der Waals surface area contributed by atoms with Gasteiger partial charge in [-0.2, -0.15) is 0 Å². The van der Waals surface area contributed by atoms with Gasteiger partial charge in [-0.05, 0) is 56.9 Å². The van der Waals surface area contributed by atoms with Crippen molar-refractivity contribution >= 4 is 17.7 Å². The van der Waals surface area contributed by atoms with Crippen molar-refractivity contribution in [2.45, 2.75) is 79.4 Å². The Morgan fingerprint density at radius 1 is 1.18 bits per heavy atom. The molecule has 1 aliphatic rings. The van der Waals surface area contributed by atoms with Gasteiger partial charge >= 0.3 is 6.09 Å². The van der Waals surface area contributed by atoms with Crippen molar-refractivity contribution in [2.75, 3.05) is 12.0 Å². The maximum Gasteiger partial charge on any atom is 0.405 e. The molecule has 2 amide bonds. The fourth-order valence-corrected chi connectivity index (χ4v) is 5.43. The summed E-state index contributed by atoms with van der Waals surface area (Å²) in [6.45, 7) is 10.5. The van der Waals surface area contributed by atoms with Crippen molar-refractivity contribution in [1.82, 2.24) is 0 Å². The van der Waals surface area contributed by atoms with Gasteiger partial charge in [0.05, 0.1) is 18.5 Å². The average molecular weight is 561 g/mol. The Bertz CT molecular complexity index is 1150. The zero-order valence-electron chi connectivity index (χ0n) is 24.4. The molecule has 1 aliphatic heterocycles. The number of aliphatic hydroxyl groups excluding tert-OH is 1. The van der Waals surface area contributed by atoms with Crippen LogP contribution < -0.4 is 11.1 Å². The smallest absolute Gasteiger partial charge is 0.405 e. The number of nitrogens with one attached hydrogen (secondary N) is 1. The number of aromatic hydroxyl groups is 2. The number of phenols is 2. The third-order valence-corrected chi connectivity index (χ3v) is 7.57. The van der Waals surface area contributed by atoms with Gasteiger partial charge < -0.3 is 31.1 Å². The maximum atomic E-state index is 13.0. The molecule has 0 fully saturated rings. The van der Waals surface area contributed by atoms with Crippen LogP contribution in [0.5, 0.6) is 11.5 Å². The first-order chi connectivity index (χ1) is 18.8. The predicted octanol–water partition coefficient (Wildman–Crippen LogP) is 5.70. The van der Waals surface area contributed by atoms with Crippen molar-refractivity contribution in [3.8, 4) is 11.5 Å². The number of benzene rings is 1. The number of allylic oxidation sites excluding steroid dienone is 2. The Kier molecular flexibility index (Phi) is 12.2. The Balaban J connectivity index is 2.59. The van der Waals surface area contributed by atoms with Gasteiger partial charge in [-0.25, -0.2) is 4.79 Å². The summed E-state index contributed by atoms with van der Waals surface area (Å²) in [7, 11) is 0. The van der Waals surface area contributed by atoms with Crippen LogP contribution in [0.15, 0.2) is 41.5 Å². The summed E-state index contributed by atoms with van der Waals surface area (Å²) in [4.78, 5) is 24.6. The van der Waals surface area contributed by atoms with Gasteiger partial charge in [0.2, 0.25) is 0 Å². The number of primary amides is 1. The number of carbonyl (C=O) groups excluding carboxylic acids is 2. The van der Waals surface area contributed by atoms with Crippen LogP contribution in [-0.2, 0) is 22.4 Å². The predicted molar refractivity (Wildman–Crippen MR) is 155 cm³/mol. The van der Waals surface area contributed by atoms with Crippen LogP contribution in [0.1, 0.15) is 65.5 Å². The largest absolute Gasteiger partial charge is 0.508 e. The molecule has 1 aromatic carbocycles. The van der Waals surface area contributed by atoms with Crippen LogP contribution in [0.3, 0.4) is 0 Å². The van der Waals surface area contributed by atoms with Crippen molar-refractivity contribution in [2.24, 2.45) is 29.4 Å². The molecular formula is C31H45FN2O6. The summed E-state index contributed by atoms with van der Waals surface area (Å²) in [5, 5.41) is 35.8. The van der Waals surface area contributed by atoms with E-state index in [1.165, 1.54) is 6.07 Å². The number of aliphatic hydroxyl groups is 1. The van der Waals surface area contributed by atoms with Crippen LogP contribution in [0.4, 0.5) is 14.9 Å². The summed E-state index contributed by atoms with van der Waals surface area (Å²) in [5.41, 5.74) is 7.39. The molecule has 6 N–H and O–H groups in total. The highest BCUT2D eigenvalue weighted by atomic mass is 19.1. The van der Waals surface area contributed by atoms with Gasteiger partial charge in [0, 0.05) is 34.6 Å².